The van der Waals surface area contributed by atoms with E-state index in [4.69, 9.17) is 0 Å². The van der Waals surface area contributed by atoms with Gasteiger partial charge in [-0.3, -0.25) is 4.79 Å². The second-order valence-electron chi connectivity index (χ2n) is 6.39. The number of benzene rings is 2. The van der Waals surface area contributed by atoms with Gasteiger partial charge in [0, 0.05) is 11.8 Å². The lowest BCUT2D eigenvalue weighted by atomic mass is 9.87. The van der Waals surface area contributed by atoms with Crippen LogP contribution in [0.1, 0.15) is 45.9 Å². The number of amides is 1. The summed E-state index contributed by atoms with van der Waals surface area (Å²) in [7, 11) is -3.12. The van der Waals surface area contributed by atoms with Crippen LogP contribution in [0.15, 0.2) is 48.5 Å². The van der Waals surface area contributed by atoms with Crippen LogP contribution in [0.3, 0.4) is 0 Å². The number of fused-ring (bicyclic) bond motifs is 1. The smallest absolute Gasteiger partial charge is 0.251 e. The highest BCUT2D eigenvalue weighted by atomic mass is 32.2. The third-order valence-electron chi connectivity index (χ3n) is 4.29. The fourth-order valence-corrected chi connectivity index (χ4v) is 4.04. The Balaban J connectivity index is 1.78. The summed E-state index contributed by atoms with van der Waals surface area (Å²) < 4.78 is 22.9. The van der Waals surface area contributed by atoms with Gasteiger partial charge in [0.25, 0.3) is 5.91 Å². The van der Waals surface area contributed by atoms with Gasteiger partial charge in [0.05, 0.1) is 11.8 Å². The number of sulfone groups is 1. The Labute approximate surface area is 142 Å². The number of carbonyl (C=O) groups excluding carboxylic acids is 1. The van der Waals surface area contributed by atoms with E-state index >= 15 is 0 Å². The maximum Gasteiger partial charge on any atom is 0.251 e. The van der Waals surface area contributed by atoms with Crippen molar-refractivity contribution >= 4 is 15.7 Å². The van der Waals surface area contributed by atoms with Crippen molar-refractivity contribution in [3.05, 3.63) is 70.8 Å². The molecule has 0 radical (unpaired) electrons. The lowest BCUT2D eigenvalue weighted by Crippen LogP contribution is -2.31. The number of carbonyl (C=O) groups is 1. The Morgan fingerprint density at radius 2 is 1.96 bits per heavy atom. The maximum absolute atomic E-state index is 12.6. The molecule has 0 aromatic heterocycles. The molecule has 126 valence electrons. The molecule has 1 unspecified atom stereocenters. The molecule has 24 heavy (non-hydrogen) atoms. The second kappa shape index (κ2) is 6.77. The first-order valence-corrected chi connectivity index (χ1v) is 10.1. The first-order chi connectivity index (χ1) is 11.4. The lowest BCUT2D eigenvalue weighted by Gasteiger charge is -2.26. The summed E-state index contributed by atoms with van der Waals surface area (Å²) in [5, 5.41) is 3.09. The number of hydrogen-bond acceptors (Lipinski definition) is 3. The van der Waals surface area contributed by atoms with Gasteiger partial charge in [0.2, 0.25) is 0 Å². The highest BCUT2D eigenvalue weighted by Gasteiger charge is 2.22. The van der Waals surface area contributed by atoms with Crippen molar-refractivity contribution < 1.29 is 13.2 Å². The summed E-state index contributed by atoms with van der Waals surface area (Å²) >= 11 is 0. The van der Waals surface area contributed by atoms with Crippen molar-refractivity contribution in [3.63, 3.8) is 0 Å². The van der Waals surface area contributed by atoms with Gasteiger partial charge in [0.15, 0.2) is 9.84 Å². The van der Waals surface area contributed by atoms with E-state index in [0.29, 0.717) is 11.1 Å². The molecule has 1 N–H and O–H groups in total. The zero-order chi connectivity index (χ0) is 17.2. The molecule has 0 spiro atoms. The SMILES string of the molecule is CS(=O)(=O)Cc1cccc(C(=O)NC2CCCc3ccccc32)c1. The Morgan fingerprint density at radius 3 is 2.75 bits per heavy atom. The highest BCUT2D eigenvalue weighted by molar-refractivity contribution is 7.89. The summed E-state index contributed by atoms with van der Waals surface area (Å²) in [6, 6.07) is 15.0. The molecule has 0 aliphatic heterocycles. The van der Waals surface area contributed by atoms with Gasteiger partial charge in [-0.25, -0.2) is 8.42 Å². The monoisotopic (exact) mass is 343 g/mol. The van der Waals surface area contributed by atoms with Crippen molar-refractivity contribution in [2.24, 2.45) is 0 Å². The molecule has 0 saturated heterocycles. The van der Waals surface area contributed by atoms with Crippen molar-refractivity contribution in [2.75, 3.05) is 6.26 Å². The first kappa shape index (κ1) is 16.7. The molecule has 2 aromatic rings. The van der Waals surface area contributed by atoms with E-state index in [0.717, 1.165) is 19.3 Å². The Kier molecular flexibility index (Phi) is 4.71. The van der Waals surface area contributed by atoms with E-state index < -0.39 is 9.84 Å². The highest BCUT2D eigenvalue weighted by Crippen LogP contribution is 2.29. The average molecular weight is 343 g/mol. The van der Waals surface area contributed by atoms with Gasteiger partial charge in [-0.2, -0.15) is 0 Å². The molecule has 0 fully saturated rings. The number of nitrogens with one attached hydrogen (secondary N) is 1. The first-order valence-electron chi connectivity index (χ1n) is 8.08. The molecular formula is C19H21NO3S. The van der Waals surface area contributed by atoms with Crippen LogP contribution in [0.4, 0.5) is 0 Å². The van der Waals surface area contributed by atoms with E-state index in [-0.39, 0.29) is 17.7 Å². The molecule has 4 nitrogen and oxygen atoms in total. The zero-order valence-electron chi connectivity index (χ0n) is 13.7. The summed E-state index contributed by atoms with van der Waals surface area (Å²) in [5.41, 5.74) is 3.61. The van der Waals surface area contributed by atoms with Crippen LogP contribution in [0.25, 0.3) is 0 Å². The van der Waals surface area contributed by atoms with Crippen LogP contribution in [0, 0.1) is 0 Å². The number of rotatable bonds is 4. The minimum Gasteiger partial charge on any atom is -0.345 e. The predicted octanol–water partition coefficient (Wildman–Crippen LogP) is 3.04. The van der Waals surface area contributed by atoms with Gasteiger partial charge in [0.1, 0.15) is 0 Å². The van der Waals surface area contributed by atoms with Gasteiger partial charge in [-0.1, -0.05) is 36.4 Å². The Hall–Kier alpha value is -2.14. The third-order valence-corrected chi connectivity index (χ3v) is 5.15. The second-order valence-corrected chi connectivity index (χ2v) is 8.53. The summed E-state index contributed by atoms with van der Waals surface area (Å²) in [5.74, 6) is -0.215. The van der Waals surface area contributed by atoms with Crippen molar-refractivity contribution in [1.29, 1.82) is 0 Å². The quantitative estimate of drug-likeness (QED) is 0.928. The van der Waals surface area contributed by atoms with Gasteiger partial charge >= 0.3 is 0 Å². The summed E-state index contributed by atoms with van der Waals surface area (Å²) in [6.07, 6.45) is 4.22. The maximum atomic E-state index is 12.6. The molecule has 1 aliphatic rings. The van der Waals surface area contributed by atoms with Crippen molar-refractivity contribution in [1.82, 2.24) is 5.32 Å². The molecule has 3 rings (SSSR count). The van der Waals surface area contributed by atoms with Crippen LogP contribution in [-0.2, 0) is 22.0 Å². The van der Waals surface area contributed by atoms with E-state index in [1.165, 1.54) is 17.4 Å². The standard InChI is InChI=1S/C19H21NO3S/c1-24(22,23)13-14-6-4-9-16(12-14)19(21)20-18-11-5-8-15-7-2-3-10-17(15)18/h2-4,6-7,9-10,12,18H,5,8,11,13H2,1H3,(H,20,21). The average Bonchev–Trinajstić information content (AvgIpc) is 2.54. The van der Waals surface area contributed by atoms with E-state index in [2.05, 4.69) is 17.4 Å². The van der Waals surface area contributed by atoms with Crippen LogP contribution in [0.2, 0.25) is 0 Å². The van der Waals surface area contributed by atoms with E-state index in [1.807, 2.05) is 12.1 Å². The Bertz CT molecular complexity index is 858. The fourth-order valence-electron chi connectivity index (χ4n) is 3.25. The van der Waals surface area contributed by atoms with E-state index in [9.17, 15) is 13.2 Å². The van der Waals surface area contributed by atoms with Gasteiger partial charge in [-0.15, -0.1) is 0 Å². The summed E-state index contributed by atoms with van der Waals surface area (Å²) in [6.45, 7) is 0. The van der Waals surface area contributed by atoms with E-state index in [1.54, 1.807) is 24.3 Å². The Morgan fingerprint density at radius 1 is 1.17 bits per heavy atom. The van der Waals surface area contributed by atoms with Gasteiger partial charge < -0.3 is 5.32 Å². The molecule has 5 heteroatoms. The molecular weight excluding hydrogens is 322 g/mol. The molecule has 1 atom stereocenters. The van der Waals surface area contributed by atoms with Crippen molar-refractivity contribution in [3.8, 4) is 0 Å². The fraction of sp³-hybridized carbons (Fsp3) is 0.316. The molecule has 2 aromatic carbocycles. The van der Waals surface area contributed by atoms with Gasteiger partial charge in [-0.05, 0) is 48.1 Å². The summed E-state index contributed by atoms with van der Waals surface area (Å²) in [4.78, 5) is 12.6. The topological polar surface area (TPSA) is 63.2 Å². The molecule has 0 heterocycles. The third kappa shape index (κ3) is 4.03. The van der Waals surface area contributed by atoms with Crippen LogP contribution >= 0.6 is 0 Å². The van der Waals surface area contributed by atoms with Crippen LogP contribution in [-0.4, -0.2) is 20.6 Å². The molecule has 0 bridgehead atoms. The molecule has 1 aliphatic carbocycles. The number of aryl methyl sites for hydroxylation is 1. The largest absolute Gasteiger partial charge is 0.345 e. The van der Waals surface area contributed by atoms with Crippen LogP contribution < -0.4 is 5.32 Å². The minimum absolute atomic E-state index is 0.0148. The zero-order valence-corrected chi connectivity index (χ0v) is 14.5. The van der Waals surface area contributed by atoms with Crippen LogP contribution in [0.5, 0.6) is 0 Å². The predicted molar refractivity (Wildman–Crippen MR) is 94.6 cm³/mol. The van der Waals surface area contributed by atoms with Crippen molar-refractivity contribution in [2.45, 2.75) is 31.1 Å². The number of hydrogen-bond donors (Lipinski definition) is 1. The normalized spacial score (nSPS) is 17.1. The molecule has 1 amide bonds. The minimum atomic E-state index is -3.12. The lowest BCUT2D eigenvalue weighted by molar-refractivity contribution is 0.0932. The molecule has 0 saturated carbocycles.